The van der Waals surface area contributed by atoms with Crippen molar-refractivity contribution >= 4 is 11.7 Å². The number of carbonyl (C=O) groups is 1. The van der Waals surface area contributed by atoms with Gasteiger partial charge in [-0.15, -0.1) is 0 Å². The lowest BCUT2D eigenvalue weighted by Crippen LogP contribution is -2.34. The van der Waals surface area contributed by atoms with Crippen LogP contribution in [0, 0.1) is 0 Å². The summed E-state index contributed by atoms with van der Waals surface area (Å²) in [5.41, 5.74) is 1.62. The first-order valence-corrected chi connectivity index (χ1v) is 7.01. The Morgan fingerprint density at radius 1 is 1.38 bits per heavy atom. The monoisotopic (exact) mass is 295 g/mol. The fraction of sp³-hybridized carbons (Fsp3) is 0.533. The van der Waals surface area contributed by atoms with E-state index in [4.69, 9.17) is 14.2 Å². The minimum Gasteiger partial charge on any atom is -0.464 e. The molecular formula is C15H21NO5. The van der Waals surface area contributed by atoms with Crippen LogP contribution in [0.2, 0.25) is 0 Å². The molecule has 1 saturated heterocycles. The maximum atomic E-state index is 11.6. The molecule has 1 aromatic carbocycles. The Kier molecular flexibility index (Phi) is 5.17. The van der Waals surface area contributed by atoms with Crippen LogP contribution >= 0.6 is 0 Å². The molecule has 0 bridgehead atoms. The topological polar surface area (TPSA) is 77.0 Å². The number of ether oxygens (including phenoxy) is 3. The highest BCUT2D eigenvalue weighted by Gasteiger charge is 2.32. The molecular weight excluding hydrogens is 274 g/mol. The molecule has 1 aliphatic rings. The number of hydrogen-bond donors (Lipinski definition) is 2. The van der Waals surface area contributed by atoms with Gasteiger partial charge in [-0.25, -0.2) is 4.79 Å². The predicted molar refractivity (Wildman–Crippen MR) is 76.8 cm³/mol. The van der Waals surface area contributed by atoms with Gasteiger partial charge in [-0.1, -0.05) is 12.1 Å². The van der Waals surface area contributed by atoms with Crippen molar-refractivity contribution in [1.29, 1.82) is 0 Å². The van der Waals surface area contributed by atoms with E-state index in [2.05, 4.69) is 5.32 Å². The second-order valence-electron chi connectivity index (χ2n) is 4.85. The van der Waals surface area contributed by atoms with Crippen molar-refractivity contribution in [2.75, 3.05) is 31.7 Å². The maximum Gasteiger partial charge on any atom is 0.330 e. The van der Waals surface area contributed by atoms with Crippen LogP contribution < -0.4 is 5.32 Å². The van der Waals surface area contributed by atoms with Gasteiger partial charge in [0.1, 0.15) is 6.04 Å². The summed E-state index contributed by atoms with van der Waals surface area (Å²) in [6.45, 7) is 4.70. The summed E-state index contributed by atoms with van der Waals surface area (Å²) in [7, 11) is 0. The summed E-state index contributed by atoms with van der Waals surface area (Å²) in [4.78, 5) is 11.6. The van der Waals surface area contributed by atoms with Gasteiger partial charge in [-0.05, 0) is 26.0 Å². The van der Waals surface area contributed by atoms with Crippen molar-refractivity contribution in [3.05, 3.63) is 29.8 Å². The Morgan fingerprint density at radius 2 is 2.00 bits per heavy atom. The average Bonchev–Trinajstić information content (AvgIpc) is 2.93. The molecule has 1 heterocycles. The Labute approximate surface area is 124 Å². The third-order valence-electron chi connectivity index (χ3n) is 3.34. The number of anilines is 1. The molecule has 116 valence electrons. The molecule has 0 aliphatic carbocycles. The number of carbonyl (C=O) groups excluding carboxylic acids is 1. The van der Waals surface area contributed by atoms with Gasteiger partial charge in [0.15, 0.2) is 5.79 Å². The summed E-state index contributed by atoms with van der Waals surface area (Å²) >= 11 is 0. The molecule has 0 spiro atoms. The maximum absolute atomic E-state index is 11.6. The van der Waals surface area contributed by atoms with Gasteiger partial charge < -0.3 is 24.6 Å². The van der Waals surface area contributed by atoms with Crippen molar-refractivity contribution in [3.8, 4) is 0 Å². The number of nitrogens with one attached hydrogen (secondary N) is 1. The first-order valence-electron chi connectivity index (χ1n) is 7.01. The van der Waals surface area contributed by atoms with E-state index in [1.807, 2.05) is 31.2 Å². The zero-order valence-corrected chi connectivity index (χ0v) is 12.3. The van der Waals surface area contributed by atoms with Gasteiger partial charge in [0.25, 0.3) is 0 Å². The molecule has 0 amide bonds. The largest absolute Gasteiger partial charge is 0.464 e. The molecule has 2 N–H and O–H groups in total. The zero-order valence-electron chi connectivity index (χ0n) is 12.3. The lowest BCUT2D eigenvalue weighted by molar-refractivity contribution is -0.149. The van der Waals surface area contributed by atoms with Crippen molar-refractivity contribution in [1.82, 2.24) is 0 Å². The van der Waals surface area contributed by atoms with Gasteiger partial charge in [0.2, 0.25) is 0 Å². The summed E-state index contributed by atoms with van der Waals surface area (Å²) in [6, 6.07) is 6.59. The van der Waals surface area contributed by atoms with E-state index in [0.29, 0.717) is 18.9 Å². The van der Waals surface area contributed by atoms with Crippen LogP contribution in [0.25, 0.3) is 0 Å². The van der Waals surface area contributed by atoms with Gasteiger partial charge in [-0.3, -0.25) is 0 Å². The van der Waals surface area contributed by atoms with Gasteiger partial charge in [0.05, 0.1) is 26.4 Å². The quantitative estimate of drug-likeness (QED) is 0.769. The summed E-state index contributed by atoms with van der Waals surface area (Å²) in [5.74, 6) is -1.19. The highest BCUT2D eigenvalue weighted by molar-refractivity contribution is 5.79. The fourth-order valence-corrected chi connectivity index (χ4v) is 2.17. The highest BCUT2D eigenvalue weighted by atomic mass is 16.7. The fourth-order valence-electron chi connectivity index (χ4n) is 2.17. The zero-order chi connectivity index (χ0) is 15.3. The highest BCUT2D eigenvalue weighted by Crippen LogP contribution is 2.31. The van der Waals surface area contributed by atoms with E-state index >= 15 is 0 Å². The molecule has 6 nitrogen and oxygen atoms in total. The molecule has 6 heteroatoms. The van der Waals surface area contributed by atoms with Crippen LogP contribution in [0.15, 0.2) is 24.3 Å². The average molecular weight is 295 g/mol. The summed E-state index contributed by atoms with van der Waals surface area (Å²) in [6.07, 6.45) is 0. The second kappa shape index (κ2) is 6.89. The van der Waals surface area contributed by atoms with E-state index in [9.17, 15) is 9.90 Å². The Bertz CT molecular complexity index is 467. The number of rotatable bonds is 6. The summed E-state index contributed by atoms with van der Waals surface area (Å²) < 4.78 is 16.1. The normalized spacial score (nSPS) is 18.2. The minimum absolute atomic E-state index is 0.281. The van der Waals surface area contributed by atoms with E-state index in [1.165, 1.54) is 0 Å². The van der Waals surface area contributed by atoms with E-state index in [0.717, 1.165) is 5.56 Å². The number of aliphatic hydroxyl groups excluding tert-OH is 1. The molecule has 1 fully saturated rings. The number of benzene rings is 1. The minimum atomic E-state index is -0.773. The van der Waals surface area contributed by atoms with Crippen LogP contribution in [-0.2, 0) is 24.8 Å². The standard InChI is InChI=1S/C15H21NO5/c1-3-19-14(18)13(10-17)16-12-6-4-11(5-7-12)15(2)20-8-9-21-15/h4-7,13,16-17H,3,8-10H2,1-2H3/t13-/m0/s1. The number of hydrogen-bond acceptors (Lipinski definition) is 6. The molecule has 2 rings (SSSR count). The van der Waals surface area contributed by atoms with Crippen LogP contribution in [0.3, 0.4) is 0 Å². The van der Waals surface area contributed by atoms with Crippen LogP contribution in [0.4, 0.5) is 5.69 Å². The second-order valence-corrected chi connectivity index (χ2v) is 4.85. The van der Waals surface area contributed by atoms with E-state index in [-0.39, 0.29) is 13.2 Å². The molecule has 0 saturated carbocycles. The smallest absolute Gasteiger partial charge is 0.330 e. The van der Waals surface area contributed by atoms with Crippen LogP contribution in [0.1, 0.15) is 19.4 Å². The van der Waals surface area contributed by atoms with Crippen molar-refractivity contribution < 1.29 is 24.1 Å². The first kappa shape index (κ1) is 15.8. The van der Waals surface area contributed by atoms with Crippen molar-refractivity contribution in [2.45, 2.75) is 25.7 Å². The van der Waals surface area contributed by atoms with E-state index < -0.39 is 17.8 Å². The van der Waals surface area contributed by atoms with Gasteiger partial charge in [0, 0.05) is 11.3 Å². The Morgan fingerprint density at radius 3 is 2.52 bits per heavy atom. The molecule has 0 radical (unpaired) electrons. The van der Waals surface area contributed by atoms with Crippen molar-refractivity contribution in [2.24, 2.45) is 0 Å². The lowest BCUT2D eigenvalue weighted by Gasteiger charge is -2.23. The molecule has 0 unspecified atom stereocenters. The Hall–Kier alpha value is -1.63. The molecule has 1 aromatic rings. The third-order valence-corrected chi connectivity index (χ3v) is 3.34. The first-order chi connectivity index (χ1) is 10.1. The SMILES string of the molecule is CCOC(=O)[C@H](CO)Nc1ccc(C2(C)OCCO2)cc1. The van der Waals surface area contributed by atoms with E-state index in [1.54, 1.807) is 6.92 Å². The lowest BCUT2D eigenvalue weighted by atomic mass is 10.1. The molecule has 0 aromatic heterocycles. The summed E-state index contributed by atoms with van der Waals surface area (Å²) in [5, 5.41) is 12.2. The van der Waals surface area contributed by atoms with Crippen molar-refractivity contribution in [3.63, 3.8) is 0 Å². The molecule has 1 atom stereocenters. The molecule has 1 aliphatic heterocycles. The van der Waals surface area contributed by atoms with Gasteiger partial charge >= 0.3 is 5.97 Å². The molecule has 21 heavy (non-hydrogen) atoms. The van der Waals surface area contributed by atoms with Crippen LogP contribution in [-0.4, -0.2) is 43.5 Å². The third kappa shape index (κ3) is 3.72. The van der Waals surface area contributed by atoms with Crippen LogP contribution in [0.5, 0.6) is 0 Å². The van der Waals surface area contributed by atoms with Gasteiger partial charge in [-0.2, -0.15) is 0 Å². The number of esters is 1. The number of aliphatic hydroxyl groups is 1. The predicted octanol–water partition coefficient (Wildman–Crippen LogP) is 1.24. The Balaban J connectivity index is 2.03.